The highest BCUT2D eigenvalue weighted by Gasteiger charge is 2.37. The normalized spacial score (nSPS) is 11.6. The van der Waals surface area contributed by atoms with Gasteiger partial charge in [0.1, 0.15) is 16.7 Å². The maximum absolute atomic E-state index is 15.1. The van der Waals surface area contributed by atoms with Crippen molar-refractivity contribution in [2.45, 2.75) is 6.04 Å². The molecule has 0 radical (unpaired) electrons. The third-order valence-corrected chi connectivity index (χ3v) is 6.17. The molecule has 1 heterocycles. The number of nitrogens with one attached hydrogen (secondary N) is 1. The van der Waals surface area contributed by atoms with Crippen molar-refractivity contribution in [3.05, 3.63) is 70.5 Å². The molecule has 0 aliphatic carbocycles. The second-order valence-corrected chi connectivity index (χ2v) is 8.71. The molecule has 3 amide bonds. The van der Waals surface area contributed by atoms with E-state index < -0.39 is 29.6 Å². The number of aromatic nitrogens is 1. The lowest BCUT2D eigenvalue weighted by atomic mass is 10.0. The zero-order chi connectivity index (χ0) is 26.4. The first-order valence-electron chi connectivity index (χ1n) is 10.8. The second-order valence-electron chi connectivity index (χ2n) is 7.94. The van der Waals surface area contributed by atoms with Crippen LogP contribution in [0.15, 0.2) is 48.5 Å². The van der Waals surface area contributed by atoms with Crippen LogP contribution in [0.1, 0.15) is 31.8 Å². The number of hydrogen-bond donors (Lipinski definition) is 3. The smallest absolute Gasteiger partial charge is 0.273 e. The molecule has 0 aliphatic heterocycles. The lowest BCUT2D eigenvalue weighted by molar-refractivity contribution is -0.122. The maximum Gasteiger partial charge on any atom is 0.273 e. The van der Waals surface area contributed by atoms with Crippen LogP contribution in [-0.2, 0) is 9.53 Å². The van der Waals surface area contributed by atoms with Gasteiger partial charge in [-0.2, -0.15) is 4.37 Å². The molecule has 0 spiro atoms. The predicted molar refractivity (Wildman–Crippen MR) is 137 cm³/mol. The van der Waals surface area contributed by atoms with Gasteiger partial charge in [-0.3, -0.25) is 19.3 Å². The average molecular weight is 515 g/mol. The summed E-state index contributed by atoms with van der Waals surface area (Å²) < 4.78 is 24.0. The summed E-state index contributed by atoms with van der Waals surface area (Å²) in [6.07, 6.45) is 0. The lowest BCUT2D eigenvalue weighted by Crippen LogP contribution is -2.45. The Kier molecular flexibility index (Phi) is 8.56. The first-order valence-corrected chi connectivity index (χ1v) is 11.6. The molecule has 2 aromatic carbocycles. The number of carbonyl (C=O) groups excluding carboxylic acids is 3. The Morgan fingerprint density at radius 2 is 1.81 bits per heavy atom. The number of nitrogen functional groups attached to an aromatic ring is 1. The van der Waals surface area contributed by atoms with Crippen molar-refractivity contribution >= 4 is 46.3 Å². The van der Waals surface area contributed by atoms with Gasteiger partial charge in [-0.05, 0) is 41.4 Å². The number of methoxy groups -OCH3 is 1. The molecule has 0 aliphatic rings. The summed E-state index contributed by atoms with van der Waals surface area (Å²) in [6, 6.07) is 11.2. The van der Waals surface area contributed by atoms with Crippen molar-refractivity contribution in [3.8, 4) is 0 Å². The number of rotatable bonds is 10. The molecule has 3 aromatic rings. The van der Waals surface area contributed by atoms with E-state index >= 15 is 4.39 Å². The van der Waals surface area contributed by atoms with Crippen molar-refractivity contribution in [1.82, 2.24) is 9.69 Å². The average Bonchev–Trinajstić information content (AvgIpc) is 3.24. The molecule has 0 saturated carbocycles. The number of para-hydroxylation sites is 1. The van der Waals surface area contributed by atoms with E-state index in [0.717, 1.165) is 10.6 Å². The molecule has 10 nitrogen and oxygen atoms in total. The van der Waals surface area contributed by atoms with Gasteiger partial charge in [0, 0.05) is 33.4 Å². The van der Waals surface area contributed by atoms with Crippen molar-refractivity contribution in [1.29, 1.82) is 0 Å². The zero-order valence-corrected chi connectivity index (χ0v) is 20.8. The molecule has 0 bridgehead atoms. The fourth-order valence-electron chi connectivity index (χ4n) is 3.50. The van der Waals surface area contributed by atoms with Crippen LogP contribution >= 0.6 is 11.5 Å². The van der Waals surface area contributed by atoms with Crippen LogP contribution in [0.25, 0.3) is 0 Å². The number of nitrogens with two attached hydrogens (primary N) is 2. The topological polar surface area (TPSA) is 144 Å². The molecular weight excluding hydrogens is 487 g/mol. The molecule has 5 N–H and O–H groups in total. The predicted octanol–water partition coefficient (Wildman–Crippen LogP) is 2.18. The highest BCUT2D eigenvalue weighted by Crippen LogP contribution is 2.34. The molecule has 1 aromatic heterocycles. The van der Waals surface area contributed by atoms with E-state index in [9.17, 15) is 14.4 Å². The van der Waals surface area contributed by atoms with Gasteiger partial charge < -0.3 is 26.4 Å². The third kappa shape index (κ3) is 5.61. The van der Waals surface area contributed by atoms with Gasteiger partial charge in [0.2, 0.25) is 5.91 Å². The summed E-state index contributed by atoms with van der Waals surface area (Å²) in [4.78, 5) is 41.8. The number of benzene rings is 2. The van der Waals surface area contributed by atoms with Crippen LogP contribution in [0.3, 0.4) is 0 Å². The fourth-order valence-corrected chi connectivity index (χ4v) is 4.24. The van der Waals surface area contributed by atoms with Crippen LogP contribution in [0, 0.1) is 5.82 Å². The Morgan fingerprint density at radius 1 is 1.14 bits per heavy atom. The van der Waals surface area contributed by atoms with Crippen LogP contribution in [0.5, 0.6) is 0 Å². The minimum atomic E-state index is -1.29. The van der Waals surface area contributed by atoms with Gasteiger partial charge in [-0.1, -0.05) is 24.3 Å². The number of primary amides is 1. The van der Waals surface area contributed by atoms with E-state index in [2.05, 4.69) is 9.69 Å². The molecule has 36 heavy (non-hydrogen) atoms. The molecule has 1 atom stereocenters. The summed E-state index contributed by atoms with van der Waals surface area (Å²) in [5.41, 5.74) is 11.9. The van der Waals surface area contributed by atoms with Gasteiger partial charge in [0.25, 0.3) is 11.8 Å². The quantitative estimate of drug-likeness (QED) is 0.352. The van der Waals surface area contributed by atoms with Crippen LogP contribution < -0.4 is 26.6 Å². The molecule has 0 saturated heterocycles. The Labute approximate surface area is 211 Å². The highest BCUT2D eigenvalue weighted by atomic mass is 32.1. The standard InChI is InChI=1S/C24H27FN6O4S/c1-30(2)15-10-8-14(9-11-15)20(23(33)28-12-13-35-3)31(17-7-5-4-6-16(17)25)24(34)21-18(26)19(22(27)32)29-36-21/h4-11,20H,12-13,26H2,1-3H3,(H2,27,32)(H,28,33). The number of halogens is 1. The molecular formula is C24H27FN6O4S. The first-order chi connectivity index (χ1) is 17.2. The van der Waals surface area contributed by atoms with Crippen molar-refractivity contribution in [2.24, 2.45) is 5.73 Å². The van der Waals surface area contributed by atoms with Gasteiger partial charge >= 0.3 is 0 Å². The summed E-state index contributed by atoms with van der Waals surface area (Å²) in [6.45, 7) is 0.394. The number of nitrogens with zero attached hydrogens (tertiary/aromatic N) is 3. The Bertz CT molecular complexity index is 1250. The minimum absolute atomic E-state index is 0.147. The summed E-state index contributed by atoms with van der Waals surface area (Å²) in [5, 5.41) is 2.73. The molecule has 190 valence electrons. The SMILES string of the molecule is COCCNC(=O)C(c1ccc(N(C)C)cc1)N(C(=O)c1snc(C(N)=O)c1N)c1ccccc1F. The molecule has 0 fully saturated rings. The molecule has 12 heteroatoms. The Balaban J connectivity index is 2.20. The number of amides is 3. The summed E-state index contributed by atoms with van der Waals surface area (Å²) in [5.74, 6) is -3.03. The monoisotopic (exact) mass is 514 g/mol. The van der Waals surface area contributed by atoms with Crippen LogP contribution in [-0.4, -0.2) is 56.5 Å². The number of hydrogen-bond acceptors (Lipinski definition) is 8. The van der Waals surface area contributed by atoms with Gasteiger partial charge in [-0.15, -0.1) is 0 Å². The second kappa shape index (κ2) is 11.6. The van der Waals surface area contributed by atoms with E-state index in [0.29, 0.717) is 17.1 Å². The third-order valence-electron chi connectivity index (χ3n) is 5.32. The maximum atomic E-state index is 15.1. The van der Waals surface area contributed by atoms with Gasteiger partial charge in [0.05, 0.1) is 18.0 Å². The summed E-state index contributed by atoms with van der Waals surface area (Å²) in [7, 11) is 5.21. The van der Waals surface area contributed by atoms with E-state index in [4.69, 9.17) is 16.2 Å². The van der Waals surface area contributed by atoms with Crippen LogP contribution in [0.2, 0.25) is 0 Å². The Morgan fingerprint density at radius 3 is 2.36 bits per heavy atom. The van der Waals surface area contributed by atoms with Crippen molar-refractivity contribution < 1.29 is 23.5 Å². The number of ether oxygens (including phenoxy) is 1. The molecule has 1 unspecified atom stereocenters. The van der Waals surface area contributed by atoms with Crippen molar-refractivity contribution in [3.63, 3.8) is 0 Å². The van der Waals surface area contributed by atoms with Gasteiger partial charge in [0.15, 0.2) is 5.69 Å². The molecule has 3 rings (SSSR count). The largest absolute Gasteiger partial charge is 0.395 e. The van der Waals surface area contributed by atoms with E-state index in [-0.39, 0.29) is 35.1 Å². The first kappa shape index (κ1) is 26.6. The number of anilines is 3. The minimum Gasteiger partial charge on any atom is -0.395 e. The fraction of sp³-hybridized carbons (Fsp3) is 0.250. The summed E-state index contributed by atoms with van der Waals surface area (Å²) >= 11 is 0.646. The van der Waals surface area contributed by atoms with Gasteiger partial charge in [-0.25, -0.2) is 4.39 Å². The van der Waals surface area contributed by atoms with E-state index in [1.807, 2.05) is 19.0 Å². The Hall–Kier alpha value is -4.03. The van der Waals surface area contributed by atoms with E-state index in [1.54, 1.807) is 30.3 Å². The zero-order valence-electron chi connectivity index (χ0n) is 20.0. The van der Waals surface area contributed by atoms with E-state index in [1.165, 1.54) is 25.3 Å². The van der Waals surface area contributed by atoms with Crippen LogP contribution in [0.4, 0.5) is 21.5 Å². The highest BCUT2D eigenvalue weighted by molar-refractivity contribution is 7.09. The van der Waals surface area contributed by atoms with Crippen molar-refractivity contribution in [2.75, 3.05) is 49.9 Å². The number of carbonyl (C=O) groups is 3. The lowest BCUT2D eigenvalue weighted by Gasteiger charge is -2.31.